The number of alkyl halides is 2. The van der Waals surface area contributed by atoms with Gasteiger partial charge in [-0.05, 0) is 6.07 Å². The summed E-state index contributed by atoms with van der Waals surface area (Å²) < 4.78 is 48.3. The summed E-state index contributed by atoms with van der Waals surface area (Å²) in [5.41, 5.74) is -0.908. The molecule has 12 heavy (non-hydrogen) atoms. The van der Waals surface area contributed by atoms with Crippen molar-refractivity contribution in [3.8, 4) is 5.75 Å². The average Bonchev–Trinajstić information content (AvgIpc) is 1.96. The lowest BCUT2D eigenvalue weighted by Gasteiger charge is -2.02. The van der Waals surface area contributed by atoms with Crippen molar-refractivity contribution >= 4 is 0 Å². The summed E-state index contributed by atoms with van der Waals surface area (Å²) in [4.78, 5) is 0. The molecule has 0 aromatic heterocycles. The van der Waals surface area contributed by atoms with E-state index in [1.165, 1.54) is 0 Å². The zero-order chi connectivity index (χ0) is 9.30. The van der Waals surface area contributed by atoms with Crippen LogP contribution in [0.4, 0.5) is 17.6 Å². The Kier molecular flexibility index (Phi) is 2.21. The standard InChI is InChI=1S/C7H4F4O/c8-4-1-3(7(10)11)6(12)2-5(4)9/h1-2,7,12H. The minimum absolute atomic E-state index is 0.273. The lowest BCUT2D eigenvalue weighted by molar-refractivity contribution is 0.146. The van der Waals surface area contributed by atoms with E-state index in [9.17, 15) is 17.6 Å². The molecule has 0 saturated heterocycles. The Balaban J connectivity index is 3.23. The first-order valence-corrected chi connectivity index (χ1v) is 2.98. The molecule has 1 N–H and O–H groups in total. The van der Waals surface area contributed by atoms with Gasteiger partial charge in [0.25, 0.3) is 6.43 Å². The normalized spacial score (nSPS) is 10.8. The van der Waals surface area contributed by atoms with Gasteiger partial charge in [-0.1, -0.05) is 0 Å². The Morgan fingerprint density at radius 1 is 1.08 bits per heavy atom. The molecular formula is C7H4F4O. The van der Waals surface area contributed by atoms with E-state index in [-0.39, 0.29) is 6.07 Å². The molecule has 0 aliphatic carbocycles. The predicted octanol–water partition coefficient (Wildman–Crippen LogP) is 2.61. The summed E-state index contributed by atoms with van der Waals surface area (Å²) in [5, 5.41) is 8.70. The smallest absolute Gasteiger partial charge is 0.267 e. The Hall–Kier alpha value is -1.26. The van der Waals surface area contributed by atoms with Gasteiger partial charge < -0.3 is 5.11 Å². The monoisotopic (exact) mass is 180 g/mol. The van der Waals surface area contributed by atoms with Crippen LogP contribution in [0.5, 0.6) is 5.75 Å². The summed E-state index contributed by atoms with van der Waals surface area (Å²) in [7, 11) is 0. The quantitative estimate of drug-likeness (QED) is 0.658. The molecule has 66 valence electrons. The van der Waals surface area contributed by atoms with Crippen LogP contribution in [0.1, 0.15) is 12.0 Å². The molecule has 1 rings (SSSR count). The van der Waals surface area contributed by atoms with Gasteiger partial charge in [0.1, 0.15) is 5.75 Å². The van der Waals surface area contributed by atoms with Gasteiger partial charge in [0.2, 0.25) is 0 Å². The van der Waals surface area contributed by atoms with Gasteiger partial charge in [0.05, 0.1) is 5.56 Å². The highest BCUT2D eigenvalue weighted by Crippen LogP contribution is 2.29. The van der Waals surface area contributed by atoms with E-state index in [2.05, 4.69) is 0 Å². The molecule has 1 aromatic rings. The number of hydrogen-bond donors (Lipinski definition) is 1. The molecule has 1 nitrogen and oxygen atoms in total. The molecule has 0 fully saturated rings. The molecule has 0 heterocycles. The number of aromatic hydroxyl groups is 1. The fraction of sp³-hybridized carbons (Fsp3) is 0.143. The summed E-state index contributed by atoms with van der Waals surface area (Å²) in [6, 6.07) is 0.589. The maximum Gasteiger partial charge on any atom is 0.267 e. The molecule has 0 bridgehead atoms. The van der Waals surface area contributed by atoms with E-state index in [4.69, 9.17) is 5.11 Å². The van der Waals surface area contributed by atoms with Crippen molar-refractivity contribution in [2.45, 2.75) is 6.43 Å². The number of phenolic OH excluding ortho intramolecular Hbond substituents is 1. The van der Waals surface area contributed by atoms with Crippen molar-refractivity contribution in [3.63, 3.8) is 0 Å². The minimum atomic E-state index is -3.01. The summed E-state index contributed by atoms with van der Waals surface area (Å²) in [5.74, 6) is -3.69. The third-order valence-corrected chi connectivity index (χ3v) is 1.30. The first-order valence-electron chi connectivity index (χ1n) is 2.98. The lowest BCUT2D eigenvalue weighted by Crippen LogP contribution is -1.90. The van der Waals surface area contributed by atoms with Gasteiger partial charge in [0.15, 0.2) is 11.6 Å². The highest BCUT2D eigenvalue weighted by molar-refractivity contribution is 5.34. The van der Waals surface area contributed by atoms with Crippen LogP contribution in [0.2, 0.25) is 0 Å². The Bertz CT molecular complexity index is 298. The maximum absolute atomic E-state index is 12.3. The van der Waals surface area contributed by atoms with Crippen LogP contribution in [-0.4, -0.2) is 5.11 Å². The van der Waals surface area contributed by atoms with E-state index < -0.39 is 29.4 Å². The van der Waals surface area contributed by atoms with Crippen LogP contribution in [0, 0.1) is 11.6 Å². The van der Waals surface area contributed by atoms with Gasteiger partial charge >= 0.3 is 0 Å². The Labute approximate surface area is 65.3 Å². The van der Waals surface area contributed by atoms with Crippen LogP contribution in [0.15, 0.2) is 12.1 Å². The second kappa shape index (κ2) is 3.00. The Morgan fingerprint density at radius 3 is 2.08 bits per heavy atom. The lowest BCUT2D eigenvalue weighted by atomic mass is 10.2. The van der Waals surface area contributed by atoms with Gasteiger partial charge in [0, 0.05) is 6.07 Å². The fourth-order valence-electron chi connectivity index (χ4n) is 0.727. The van der Waals surface area contributed by atoms with Crippen molar-refractivity contribution in [1.29, 1.82) is 0 Å². The molecule has 0 amide bonds. The van der Waals surface area contributed by atoms with Gasteiger partial charge in [-0.15, -0.1) is 0 Å². The third-order valence-electron chi connectivity index (χ3n) is 1.30. The topological polar surface area (TPSA) is 20.2 Å². The molecule has 0 aliphatic rings. The van der Waals surface area contributed by atoms with E-state index in [1.54, 1.807) is 0 Å². The second-order valence-electron chi connectivity index (χ2n) is 2.13. The van der Waals surface area contributed by atoms with E-state index in [1.807, 2.05) is 0 Å². The van der Waals surface area contributed by atoms with Crippen molar-refractivity contribution in [2.24, 2.45) is 0 Å². The van der Waals surface area contributed by atoms with E-state index >= 15 is 0 Å². The molecule has 0 spiro atoms. The predicted molar refractivity (Wildman–Crippen MR) is 33.0 cm³/mol. The van der Waals surface area contributed by atoms with Gasteiger partial charge in [-0.3, -0.25) is 0 Å². The molecule has 0 aliphatic heterocycles. The maximum atomic E-state index is 12.3. The minimum Gasteiger partial charge on any atom is -0.507 e. The highest BCUT2D eigenvalue weighted by Gasteiger charge is 2.16. The first-order chi connectivity index (χ1) is 5.52. The first kappa shape index (κ1) is 8.83. The zero-order valence-electron chi connectivity index (χ0n) is 5.69. The molecule has 0 unspecified atom stereocenters. The van der Waals surface area contributed by atoms with Crippen LogP contribution >= 0.6 is 0 Å². The molecule has 0 radical (unpaired) electrons. The molecule has 0 saturated carbocycles. The van der Waals surface area contributed by atoms with Crippen molar-refractivity contribution in [3.05, 3.63) is 29.3 Å². The number of benzene rings is 1. The average molecular weight is 180 g/mol. The number of halogens is 4. The van der Waals surface area contributed by atoms with Crippen molar-refractivity contribution in [2.75, 3.05) is 0 Å². The highest BCUT2D eigenvalue weighted by atomic mass is 19.3. The van der Waals surface area contributed by atoms with E-state index in [0.717, 1.165) is 0 Å². The zero-order valence-corrected chi connectivity index (χ0v) is 5.69. The van der Waals surface area contributed by atoms with Gasteiger partial charge in [-0.2, -0.15) is 0 Å². The van der Waals surface area contributed by atoms with Crippen LogP contribution < -0.4 is 0 Å². The van der Waals surface area contributed by atoms with Crippen LogP contribution in [-0.2, 0) is 0 Å². The fourth-order valence-corrected chi connectivity index (χ4v) is 0.727. The van der Waals surface area contributed by atoms with Crippen molar-refractivity contribution < 1.29 is 22.7 Å². The number of phenols is 1. The number of rotatable bonds is 1. The largest absolute Gasteiger partial charge is 0.507 e. The third kappa shape index (κ3) is 1.49. The van der Waals surface area contributed by atoms with Crippen LogP contribution in [0.3, 0.4) is 0 Å². The van der Waals surface area contributed by atoms with Crippen LogP contribution in [0.25, 0.3) is 0 Å². The summed E-state index contributed by atoms with van der Waals surface area (Å²) in [6.45, 7) is 0. The molecule has 5 heteroatoms. The SMILES string of the molecule is Oc1cc(F)c(F)cc1C(F)F. The molecular weight excluding hydrogens is 176 g/mol. The van der Waals surface area contributed by atoms with Gasteiger partial charge in [-0.25, -0.2) is 17.6 Å². The Morgan fingerprint density at radius 2 is 1.58 bits per heavy atom. The summed E-state index contributed by atoms with van der Waals surface area (Å²) in [6.07, 6.45) is -3.01. The van der Waals surface area contributed by atoms with Crippen molar-refractivity contribution in [1.82, 2.24) is 0 Å². The second-order valence-corrected chi connectivity index (χ2v) is 2.13. The molecule has 1 aromatic carbocycles. The number of hydrogen-bond acceptors (Lipinski definition) is 1. The van der Waals surface area contributed by atoms with E-state index in [0.29, 0.717) is 6.07 Å². The summed E-state index contributed by atoms with van der Waals surface area (Å²) >= 11 is 0. The molecule has 0 atom stereocenters.